The highest BCUT2D eigenvalue weighted by Gasteiger charge is 2.49. The van der Waals surface area contributed by atoms with Gasteiger partial charge in [0.15, 0.2) is 0 Å². The monoisotopic (exact) mass is 264 g/mol. The van der Waals surface area contributed by atoms with Crippen LogP contribution in [0.4, 0.5) is 0 Å². The quantitative estimate of drug-likeness (QED) is 0.771. The summed E-state index contributed by atoms with van der Waals surface area (Å²) in [5, 5.41) is 24.9. The summed E-state index contributed by atoms with van der Waals surface area (Å²) in [7, 11) is 1.54. The van der Waals surface area contributed by atoms with Crippen molar-refractivity contribution in [1.82, 2.24) is 5.01 Å². The molecule has 6 nitrogen and oxygen atoms in total. The van der Waals surface area contributed by atoms with Gasteiger partial charge in [0, 0.05) is 5.56 Å². The summed E-state index contributed by atoms with van der Waals surface area (Å²) in [6, 6.07) is 6.32. The van der Waals surface area contributed by atoms with E-state index < -0.39 is 11.7 Å². The number of nitrogens with zero attached hydrogens (tertiary/aromatic N) is 2. The Labute approximate surface area is 110 Å². The van der Waals surface area contributed by atoms with Gasteiger partial charge in [0.25, 0.3) is 5.79 Å². The van der Waals surface area contributed by atoms with Crippen LogP contribution in [-0.4, -0.2) is 45.8 Å². The predicted octanol–water partition coefficient (Wildman–Crippen LogP) is 0.331. The van der Waals surface area contributed by atoms with Gasteiger partial charge < -0.3 is 14.9 Å². The van der Waals surface area contributed by atoms with E-state index in [2.05, 4.69) is 5.10 Å². The van der Waals surface area contributed by atoms with Gasteiger partial charge in [-0.15, -0.1) is 0 Å². The van der Waals surface area contributed by atoms with Crippen molar-refractivity contribution in [2.24, 2.45) is 5.10 Å². The molecule has 0 radical (unpaired) electrons. The molecule has 1 aliphatic rings. The molecule has 0 spiro atoms. The minimum absolute atomic E-state index is 0.0751. The van der Waals surface area contributed by atoms with Crippen LogP contribution in [0.5, 0.6) is 5.75 Å². The van der Waals surface area contributed by atoms with Crippen molar-refractivity contribution in [3.8, 4) is 5.75 Å². The van der Waals surface area contributed by atoms with Crippen molar-refractivity contribution >= 4 is 11.6 Å². The fourth-order valence-electron chi connectivity index (χ4n) is 1.84. The van der Waals surface area contributed by atoms with Crippen molar-refractivity contribution < 1.29 is 19.7 Å². The normalized spacial score (nSPS) is 17.9. The smallest absolute Gasteiger partial charge is 0.309 e. The Bertz CT molecular complexity index is 520. The number of hydrogen-bond acceptors (Lipinski definition) is 5. The van der Waals surface area contributed by atoms with Crippen LogP contribution < -0.4 is 4.74 Å². The van der Waals surface area contributed by atoms with Crippen molar-refractivity contribution in [2.45, 2.75) is 25.7 Å². The van der Waals surface area contributed by atoms with E-state index in [0.29, 0.717) is 11.3 Å². The molecule has 2 rings (SSSR count). The lowest BCUT2D eigenvalue weighted by Crippen LogP contribution is -2.47. The second kappa shape index (κ2) is 4.64. The minimum atomic E-state index is -2.58. The van der Waals surface area contributed by atoms with Gasteiger partial charge in [-0.3, -0.25) is 4.79 Å². The topological polar surface area (TPSA) is 82.4 Å². The zero-order valence-electron chi connectivity index (χ0n) is 11.0. The molecule has 2 N–H and O–H groups in total. The molecule has 1 aliphatic heterocycles. The predicted molar refractivity (Wildman–Crippen MR) is 68.7 cm³/mol. The van der Waals surface area contributed by atoms with Gasteiger partial charge >= 0.3 is 5.91 Å². The van der Waals surface area contributed by atoms with Crippen LogP contribution in [0.25, 0.3) is 0 Å². The molecule has 0 saturated carbocycles. The molecule has 0 unspecified atom stereocenters. The van der Waals surface area contributed by atoms with Crippen LogP contribution in [0.15, 0.2) is 29.4 Å². The first kappa shape index (κ1) is 13.5. The van der Waals surface area contributed by atoms with E-state index in [9.17, 15) is 15.0 Å². The largest absolute Gasteiger partial charge is 0.497 e. The van der Waals surface area contributed by atoms with Crippen molar-refractivity contribution in [3.05, 3.63) is 29.8 Å². The van der Waals surface area contributed by atoms with Crippen LogP contribution in [0.3, 0.4) is 0 Å². The van der Waals surface area contributed by atoms with Gasteiger partial charge in [-0.25, -0.2) is 5.01 Å². The lowest BCUT2D eigenvalue weighted by atomic mass is 10.0. The van der Waals surface area contributed by atoms with Crippen molar-refractivity contribution in [3.63, 3.8) is 0 Å². The summed E-state index contributed by atoms with van der Waals surface area (Å²) in [5.41, 5.74) is 0.385. The number of ether oxygens (including phenoxy) is 1. The molecule has 19 heavy (non-hydrogen) atoms. The first-order valence-electron chi connectivity index (χ1n) is 5.90. The third kappa shape index (κ3) is 2.20. The third-order valence-corrected chi connectivity index (χ3v) is 2.90. The maximum Gasteiger partial charge on any atom is 0.309 e. The number of amides is 1. The second-order valence-corrected chi connectivity index (χ2v) is 4.59. The molecule has 0 aliphatic carbocycles. The average Bonchev–Trinajstić information content (AvgIpc) is 2.61. The first-order valence-corrected chi connectivity index (χ1v) is 5.90. The summed E-state index contributed by atoms with van der Waals surface area (Å²) in [5.74, 6) is -2.79. The zero-order valence-corrected chi connectivity index (χ0v) is 11.0. The van der Waals surface area contributed by atoms with Gasteiger partial charge in [-0.1, -0.05) is 0 Å². The maximum absolute atomic E-state index is 11.9. The molecule has 0 fully saturated rings. The number of hydrazone groups is 1. The van der Waals surface area contributed by atoms with E-state index >= 15 is 0 Å². The molecule has 1 aromatic carbocycles. The Morgan fingerprint density at radius 2 is 1.84 bits per heavy atom. The maximum atomic E-state index is 11.9. The standard InChI is InChI=1S/C13H16N2O4/c1-8(2)15-12(16)13(17,18)11(14-15)9-4-6-10(19-3)7-5-9/h4-8,17-18H,1-3H3. The summed E-state index contributed by atoms with van der Waals surface area (Å²) in [4.78, 5) is 11.9. The number of carbonyl (C=O) groups excluding carboxylic acids is 1. The highest BCUT2D eigenvalue weighted by atomic mass is 16.5. The highest BCUT2D eigenvalue weighted by molar-refractivity contribution is 6.20. The van der Waals surface area contributed by atoms with Gasteiger partial charge in [-0.05, 0) is 38.1 Å². The van der Waals surface area contributed by atoms with E-state index in [1.807, 2.05) is 0 Å². The third-order valence-electron chi connectivity index (χ3n) is 2.90. The number of hydrogen-bond donors (Lipinski definition) is 2. The van der Waals surface area contributed by atoms with Gasteiger partial charge in [-0.2, -0.15) is 5.10 Å². The van der Waals surface area contributed by atoms with Crippen molar-refractivity contribution in [2.75, 3.05) is 7.11 Å². The number of methoxy groups -OCH3 is 1. The molecule has 0 bridgehead atoms. The molecular formula is C13H16N2O4. The number of rotatable bonds is 3. The Hall–Kier alpha value is -1.92. The summed E-state index contributed by atoms with van der Waals surface area (Å²) < 4.78 is 5.02. The van der Waals surface area contributed by atoms with Gasteiger partial charge in [0.05, 0.1) is 13.2 Å². The Morgan fingerprint density at radius 3 is 2.26 bits per heavy atom. The fourth-order valence-corrected chi connectivity index (χ4v) is 1.84. The van der Waals surface area contributed by atoms with Crippen LogP contribution in [0.2, 0.25) is 0 Å². The summed E-state index contributed by atoms with van der Waals surface area (Å²) in [6.45, 7) is 3.49. The lowest BCUT2D eigenvalue weighted by molar-refractivity contribution is -0.169. The molecule has 1 aromatic rings. The summed E-state index contributed by atoms with van der Waals surface area (Å²) >= 11 is 0. The average molecular weight is 264 g/mol. The first-order chi connectivity index (χ1) is 8.87. The van der Waals surface area contributed by atoms with Crippen LogP contribution in [0, 0.1) is 0 Å². The van der Waals surface area contributed by atoms with Crippen molar-refractivity contribution in [1.29, 1.82) is 0 Å². The Morgan fingerprint density at radius 1 is 1.26 bits per heavy atom. The molecule has 0 saturated heterocycles. The molecular weight excluding hydrogens is 248 g/mol. The van der Waals surface area contributed by atoms with E-state index in [1.165, 1.54) is 7.11 Å². The Kier molecular flexibility index (Phi) is 3.30. The van der Waals surface area contributed by atoms with E-state index in [-0.39, 0.29) is 11.8 Å². The molecule has 1 amide bonds. The van der Waals surface area contributed by atoms with E-state index in [4.69, 9.17) is 4.74 Å². The van der Waals surface area contributed by atoms with Crippen LogP contribution >= 0.6 is 0 Å². The molecule has 0 atom stereocenters. The van der Waals surface area contributed by atoms with Crippen LogP contribution in [-0.2, 0) is 4.79 Å². The molecule has 0 aromatic heterocycles. The van der Waals surface area contributed by atoms with E-state index in [0.717, 1.165) is 5.01 Å². The van der Waals surface area contributed by atoms with E-state index in [1.54, 1.807) is 38.1 Å². The number of carbonyl (C=O) groups is 1. The molecule has 6 heteroatoms. The Balaban J connectivity index is 2.41. The SMILES string of the molecule is COc1ccc(C2=NN(C(C)C)C(=O)C2(O)O)cc1. The van der Waals surface area contributed by atoms with Crippen LogP contribution in [0.1, 0.15) is 19.4 Å². The fraction of sp³-hybridized carbons (Fsp3) is 0.385. The molecule has 102 valence electrons. The van der Waals surface area contributed by atoms with Gasteiger partial charge in [0.2, 0.25) is 0 Å². The lowest BCUT2D eigenvalue weighted by Gasteiger charge is -2.19. The molecule has 1 heterocycles. The number of aliphatic hydroxyl groups is 2. The minimum Gasteiger partial charge on any atom is -0.497 e. The van der Waals surface area contributed by atoms with Gasteiger partial charge in [0.1, 0.15) is 11.5 Å². The number of benzene rings is 1. The highest BCUT2D eigenvalue weighted by Crippen LogP contribution is 2.25. The zero-order chi connectivity index (χ0) is 14.2. The second-order valence-electron chi connectivity index (χ2n) is 4.59. The summed E-state index contributed by atoms with van der Waals surface area (Å²) in [6.07, 6.45) is 0.